The second-order valence-corrected chi connectivity index (χ2v) is 3.89. The van der Waals surface area contributed by atoms with E-state index in [1.54, 1.807) is 7.05 Å². The smallest absolute Gasteiger partial charge is 0.211 e. The molecular formula is C12H14FN3O3. The summed E-state index contributed by atoms with van der Waals surface area (Å²) in [7, 11) is 4.32. The van der Waals surface area contributed by atoms with Crippen molar-refractivity contribution in [2.24, 2.45) is 7.05 Å². The van der Waals surface area contributed by atoms with Crippen molar-refractivity contribution in [1.29, 1.82) is 0 Å². The highest BCUT2D eigenvalue weighted by molar-refractivity contribution is 5.80. The van der Waals surface area contributed by atoms with E-state index in [1.807, 2.05) is 0 Å². The minimum atomic E-state index is -0.903. The number of aromatic nitrogens is 2. The lowest BCUT2D eigenvalue weighted by Crippen LogP contribution is -1.99. The van der Waals surface area contributed by atoms with Gasteiger partial charge in [0.05, 0.1) is 20.4 Å². The fraction of sp³-hybridized carbons (Fsp3) is 0.250. The van der Waals surface area contributed by atoms with Gasteiger partial charge in [0, 0.05) is 18.2 Å². The van der Waals surface area contributed by atoms with Crippen LogP contribution in [0.15, 0.2) is 12.3 Å². The van der Waals surface area contributed by atoms with Crippen molar-refractivity contribution in [3.8, 4) is 28.4 Å². The van der Waals surface area contributed by atoms with Crippen LogP contribution in [0.25, 0.3) is 11.1 Å². The molecule has 7 heteroatoms. The van der Waals surface area contributed by atoms with E-state index in [4.69, 9.17) is 15.2 Å². The maximum absolute atomic E-state index is 14.0. The van der Waals surface area contributed by atoms with Crippen LogP contribution in [0.2, 0.25) is 0 Å². The van der Waals surface area contributed by atoms with Gasteiger partial charge in [-0.05, 0) is 6.07 Å². The van der Waals surface area contributed by atoms with Gasteiger partial charge in [0.25, 0.3) is 0 Å². The Morgan fingerprint density at radius 1 is 1.32 bits per heavy atom. The van der Waals surface area contributed by atoms with Gasteiger partial charge < -0.3 is 20.3 Å². The standard InChI is InChI=1S/C12H14FN3O3/c1-16-12(14)7(5-15-16)6-4-8(18-2)11(19-3)9(13)10(6)17/h4-5,17H,14H2,1-3H3. The number of phenolic OH excluding ortho intramolecular Hbond substituents is 1. The highest BCUT2D eigenvalue weighted by atomic mass is 19.1. The molecule has 0 saturated heterocycles. The SMILES string of the molecule is COc1cc(-c2cnn(C)c2N)c(O)c(F)c1OC. The monoisotopic (exact) mass is 267 g/mol. The Morgan fingerprint density at radius 2 is 2.00 bits per heavy atom. The minimum absolute atomic E-state index is 0.161. The molecule has 2 rings (SSSR count). The van der Waals surface area contributed by atoms with Crippen LogP contribution in [0, 0.1) is 5.82 Å². The predicted molar refractivity (Wildman–Crippen MR) is 67.8 cm³/mol. The molecule has 102 valence electrons. The highest BCUT2D eigenvalue weighted by Gasteiger charge is 2.22. The number of hydrogen-bond acceptors (Lipinski definition) is 5. The molecule has 0 saturated carbocycles. The lowest BCUT2D eigenvalue weighted by Gasteiger charge is -2.13. The molecule has 19 heavy (non-hydrogen) atoms. The molecule has 6 nitrogen and oxygen atoms in total. The van der Waals surface area contributed by atoms with Crippen LogP contribution in [0.4, 0.5) is 10.2 Å². The van der Waals surface area contributed by atoms with Gasteiger partial charge in [0.1, 0.15) is 5.82 Å². The van der Waals surface area contributed by atoms with Crippen molar-refractivity contribution in [2.75, 3.05) is 20.0 Å². The Morgan fingerprint density at radius 3 is 2.47 bits per heavy atom. The zero-order chi connectivity index (χ0) is 14.2. The van der Waals surface area contributed by atoms with Gasteiger partial charge in [-0.2, -0.15) is 9.49 Å². The van der Waals surface area contributed by atoms with Crippen LogP contribution < -0.4 is 15.2 Å². The second-order valence-electron chi connectivity index (χ2n) is 3.89. The first-order valence-corrected chi connectivity index (χ1v) is 5.42. The Labute approximate surface area is 109 Å². The van der Waals surface area contributed by atoms with Crippen LogP contribution in [0.5, 0.6) is 17.2 Å². The summed E-state index contributed by atoms with van der Waals surface area (Å²) >= 11 is 0. The number of nitrogens with two attached hydrogens (primary N) is 1. The Bertz CT molecular complexity index is 625. The number of hydrogen-bond donors (Lipinski definition) is 2. The van der Waals surface area contributed by atoms with E-state index in [2.05, 4.69) is 5.10 Å². The molecule has 0 amide bonds. The first-order chi connectivity index (χ1) is 9.01. The van der Waals surface area contributed by atoms with Crippen LogP contribution in [0.3, 0.4) is 0 Å². The van der Waals surface area contributed by atoms with Crippen molar-refractivity contribution in [1.82, 2.24) is 9.78 Å². The molecule has 0 spiro atoms. The number of ether oxygens (including phenoxy) is 2. The van der Waals surface area contributed by atoms with E-state index in [-0.39, 0.29) is 17.1 Å². The number of aryl methyl sites for hydroxylation is 1. The number of halogens is 1. The van der Waals surface area contributed by atoms with Crippen molar-refractivity contribution in [3.63, 3.8) is 0 Å². The number of anilines is 1. The van der Waals surface area contributed by atoms with Gasteiger partial charge in [0.2, 0.25) is 11.6 Å². The molecule has 0 unspecified atom stereocenters. The molecule has 1 heterocycles. The number of nitrogens with zero attached hydrogens (tertiary/aromatic N) is 2. The maximum atomic E-state index is 14.0. The molecule has 0 atom stereocenters. The second kappa shape index (κ2) is 4.68. The van der Waals surface area contributed by atoms with E-state index in [0.717, 1.165) is 0 Å². The number of phenols is 1. The molecule has 0 fully saturated rings. The average molecular weight is 267 g/mol. The number of nitrogen functional groups attached to an aromatic ring is 1. The zero-order valence-corrected chi connectivity index (χ0v) is 10.8. The van der Waals surface area contributed by atoms with Gasteiger partial charge in [-0.3, -0.25) is 4.68 Å². The Hall–Kier alpha value is -2.44. The van der Waals surface area contributed by atoms with Crippen molar-refractivity contribution in [3.05, 3.63) is 18.1 Å². The van der Waals surface area contributed by atoms with Crippen molar-refractivity contribution >= 4 is 5.82 Å². The summed E-state index contributed by atoms with van der Waals surface area (Å²) in [5.74, 6) is -1.15. The van der Waals surface area contributed by atoms with Crippen molar-refractivity contribution < 1.29 is 19.0 Å². The third-order valence-electron chi connectivity index (χ3n) is 2.86. The minimum Gasteiger partial charge on any atom is -0.504 e. The molecule has 1 aromatic carbocycles. The summed E-state index contributed by atoms with van der Waals surface area (Å²) in [5.41, 5.74) is 6.42. The number of benzene rings is 1. The summed E-state index contributed by atoms with van der Waals surface area (Å²) < 4.78 is 25.3. The Balaban J connectivity index is 2.71. The fourth-order valence-electron chi connectivity index (χ4n) is 1.80. The summed E-state index contributed by atoms with van der Waals surface area (Å²) in [4.78, 5) is 0. The first kappa shape index (κ1) is 13.0. The van der Waals surface area contributed by atoms with Crippen LogP contribution in [-0.2, 0) is 7.05 Å². The van der Waals surface area contributed by atoms with E-state index in [9.17, 15) is 9.50 Å². The number of aromatic hydroxyl groups is 1. The predicted octanol–water partition coefficient (Wildman–Crippen LogP) is 1.53. The van der Waals surface area contributed by atoms with E-state index in [0.29, 0.717) is 11.4 Å². The lowest BCUT2D eigenvalue weighted by molar-refractivity contribution is 0.327. The normalized spacial score (nSPS) is 10.5. The molecule has 0 radical (unpaired) electrons. The van der Waals surface area contributed by atoms with Gasteiger partial charge in [-0.1, -0.05) is 0 Å². The Kier molecular flexibility index (Phi) is 3.20. The molecule has 0 aliphatic heterocycles. The van der Waals surface area contributed by atoms with E-state index in [1.165, 1.54) is 31.2 Å². The molecule has 0 aliphatic carbocycles. The molecular weight excluding hydrogens is 253 g/mol. The summed E-state index contributed by atoms with van der Waals surface area (Å²) in [5, 5.41) is 13.9. The number of methoxy groups -OCH3 is 2. The number of rotatable bonds is 3. The molecule has 2 aromatic rings. The van der Waals surface area contributed by atoms with Gasteiger partial charge >= 0.3 is 0 Å². The van der Waals surface area contributed by atoms with Gasteiger partial charge in [-0.15, -0.1) is 0 Å². The largest absolute Gasteiger partial charge is 0.504 e. The zero-order valence-electron chi connectivity index (χ0n) is 10.8. The summed E-state index contributed by atoms with van der Waals surface area (Å²) in [6.07, 6.45) is 1.44. The lowest BCUT2D eigenvalue weighted by atomic mass is 10.1. The first-order valence-electron chi connectivity index (χ1n) is 5.42. The fourth-order valence-corrected chi connectivity index (χ4v) is 1.80. The summed E-state index contributed by atoms with van der Waals surface area (Å²) in [6, 6.07) is 1.45. The molecule has 0 aliphatic rings. The molecule has 3 N–H and O–H groups in total. The third kappa shape index (κ3) is 1.92. The van der Waals surface area contributed by atoms with E-state index >= 15 is 0 Å². The maximum Gasteiger partial charge on any atom is 0.211 e. The van der Waals surface area contributed by atoms with Gasteiger partial charge in [0.15, 0.2) is 11.5 Å². The quantitative estimate of drug-likeness (QED) is 0.881. The molecule has 0 bridgehead atoms. The molecule has 1 aromatic heterocycles. The van der Waals surface area contributed by atoms with Crippen molar-refractivity contribution in [2.45, 2.75) is 0 Å². The van der Waals surface area contributed by atoms with Crippen LogP contribution in [-0.4, -0.2) is 29.1 Å². The van der Waals surface area contributed by atoms with Gasteiger partial charge in [-0.25, -0.2) is 0 Å². The highest BCUT2D eigenvalue weighted by Crippen LogP contribution is 2.43. The third-order valence-corrected chi connectivity index (χ3v) is 2.86. The van der Waals surface area contributed by atoms with E-state index < -0.39 is 11.6 Å². The topological polar surface area (TPSA) is 82.5 Å². The van der Waals surface area contributed by atoms with Crippen LogP contribution >= 0.6 is 0 Å². The average Bonchev–Trinajstić information content (AvgIpc) is 2.73. The van der Waals surface area contributed by atoms with Crippen LogP contribution in [0.1, 0.15) is 0 Å². The summed E-state index contributed by atoms with van der Waals surface area (Å²) in [6.45, 7) is 0.